The van der Waals surface area contributed by atoms with Crippen LogP contribution in [0, 0.1) is 6.92 Å². The number of phenolic OH excluding ortho intramolecular Hbond substituents is 1. The number of carbonyl (C=O) groups excluding carboxylic acids is 2. The molecule has 0 aromatic heterocycles. The number of nitrogens with one attached hydrogen (secondary N) is 1. The van der Waals surface area contributed by atoms with E-state index in [1.165, 1.54) is 49.4 Å². The first-order valence-corrected chi connectivity index (χ1v) is 13.7. The van der Waals surface area contributed by atoms with Crippen LogP contribution >= 0.6 is 24.0 Å². The molecule has 0 aliphatic carbocycles. The second kappa shape index (κ2) is 12.3. The second-order valence-corrected chi connectivity index (χ2v) is 11.2. The van der Waals surface area contributed by atoms with Crippen molar-refractivity contribution in [3.05, 3.63) is 87.3 Å². The van der Waals surface area contributed by atoms with Crippen molar-refractivity contribution in [3.8, 4) is 16.9 Å². The lowest BCUT2D eigenvalue weighted by Gasteiger charge is -2.16. The molecule has 230 valence electrons. The average Bonchev–Trinajstić information content (AvgIpc) is 3.19. The Bertz CT molecular complexity index is 1670. The normalized spacial score (nSPS) is 14.8. The number of thiocarbonyl (C=S) groups is 1. The molecule has 3 N–H and O–H groups in total. The maximum Gasteiger partial charge on any atom is 0.416 e. The van der Waals surface area contributed by atoms with Gasteiger partial charge in [0.2, 0.25) is 5.91 Å². The number of thioether (sulfide) groups is 1. The third-order valence-electron chi connectivity index (χ3n) is 6.32. The zero-order valence-electron chi connectivity index (χ0n) is 22.3. The number of aromatic hydroxyl groups is 1. The maximum atomic E-state index is 13.4. The smallest absolute Gasteiger partial charge is 0.416 e. The molecule has 3 aromatic rings. The molecule has 0 atom stereocenters. The monoisotopic (exact) mass is 654 g/mol. The first kappa shape index (κ1) is 32.5. The molecule has 1 aliphatic rings. The lowest BCUT2D eigenvalue weighted by Crippen LogP contribution is -2.31. The van der Waals surface area contributed by atoms with Crippen LogP contribution in [-0.4, -0.2) is 43.8 Å². The Balaban J connectivity index is 1.57. The minimum atomic E-state index is -5.09. The first-order valence-electron chi connectivity index (χ1n) is 12.5. The lowest BCUT2D eigenvalue weighted by atomic mass is 9.95. The Hall–Kier alpha value is -4.37. The van der Waals surface area contributed by atoms with E-state index in [-0.39, 0.29) is 44.9 Å². The summed E-state index contributed by atoms with van der Waals surface area (Å²) in [6, 6.07) is 9.01. The number of carboxylic acids is 1. The number of aromatic carboxylic acids is 1. The Labute approximate surface area is 255 Å². The van der Waals surface area contributed by atoms with Crippen LogP contribution in [0.3, 0.4) is 0 Å². The van der Waals surface area contributed by atoms with Gasteiger partial charge in [0.1, 0.15) is 10.1 Å². The minimum absolute atomic E-state index is 0.00606. The fourth-order valence-corrected chi connectivity index (χ4v) is 5.51. The Morgan fingerprint density at radius 2 is 1.57 bits per heavy atom. The van der Waals surface area contributed by atoms with Crippen LogP contribution in [0.4, 0.5) is 32.0 Å². The number of benzene rings is 3. The summed E-state index contributed by atoms with van der Waals surface area (Å²) in [4.78, 5) is 37.6. The van der Waals surface area contributed by atoms with Crippen molar-refractivity contribution in [1.29, 1.82) is 0 Å². The van der Waals surface area contributed by atoms with E-state index in [1.54, 1.807) is 0 Å². The molecule has 0 unspecified atom stereocenters. The number of hydrogen-bond acceptors (Lipinski definition) is 6. The molecule has 44 heavy (non-hydrogen) atoms. The third kappa shape index (κ3) is 7.39. The van der Waals surface area contributed by atoms with E-state index < -0.39 is 52.6 Å². The summed E-state index contributed by atoms with van der Waals surface area (Å²) >= 11 is 6.09. The minimum Gasteiger partial charge on any atom is -0.507 e. The summed E-state index contributed by atoms with van der Waals surface area (Å²) in [5.41, 5.74) is -3.25. The second-order valence-electron chi connectivity index (χ2n) is 9.56. The fourth-order valence-electron chi connectivity index (χ4n) is 4.21. The Morgan fingerprint density at radius 3 is 2.11 bits per heavy atom. The summed E-state index contributed by atoms with van der Waals surface area (Å²) in [7, 11) is 0. The average molecular weight is 655 g/mol. The van der Waals surface area contributed by atoms with Crippen LogP contribution in [0.2, 0.25) is 0 Å². The number of alkyl halides is 6. The molecular formula is C29H20F6N2O5S2. The standard InChI is InChI=1S/C29H20F6N2O5S2/c1-14-8-17(24(39)21(9-14)16-10-18(28(30,31)32)13-19(11-16)29(33,34)35)12-22-25(40)37(27(43)44-22)7-6-23(38)36-20-4-2-15(3-5-20)26(41)42/h2-5,8-13,39H,6-7H2,1H3,(H,36,38)(H,41,42). The molecule has 7 nitrogen and oxygen atoms in total. The van der Waals surface area contributed by atoms with Gasteiger partial charge in [-0.3, -0.25) is 14.5 Å². The first-order chi connectivity index (χ1) is 20.4. The fraction of sp³-hybridized carbons (Fsp3) is 0.172. The highest BCUT2D eigenvalue weighted by Crippen LogP contribution is 2.43. The summed E-state index contributed by atoms with van der Waals surface area (Å²) < 4.78 is 80.6. The number of anilines is 1. The van der Waals surface area contributed by atoms with Crippen molar-refractivity contribution in [3.63, 3.8) is 0 Å². The molecule has 0 bridgehead atoms. The number of aryl methyl sites for hydroxylation is 1. The van der Waals surface area contributed by atoms with Gasteiger partial charge >= 0.3 is 18.3 Å². The molecule has 1 fully saturated rings. The highest BCUT2D eigenvalue weighted by Gasteiger charge is 2.37. The SMILES string of the molecule is Cc1cc(C=C2SC(=S)N(CCC(=O)Nc3ccc(C(=O)O)cc3)C2=O)c(O)c(-c2cc(C(F)(F)F)cc(C(F)(F)F)c2)c1. The van der Waals surface area contributed by atoms with Crippen LogP contribution in [0.1, 0.15) is 39.0 Å². The van der Waals surface area contributed by atoms with Crippen molar-refractivity contribution in [2.45, 2.75) is 25.7 Å². The van der Waals surface area contributed by atoms with Gasteiger partial charge < -0.3 is 15.5 Å². The predicted octanol–water partition coefficient (Wildman–Crippen LogP) is 7.33. The summed E-state index contributed by atoms with van der Waals surface area (Å²) in [6.07, 6.45) is -9.15. The number of amides is 2. The van der Waals surface area contributed by atoms with Gasteiger partial charge in [0, 0.05) is 29.8 Å². The molecule has 1 saturated heterocycles. The van der Waals surface area contributed by atoms with Gasteiger partial charge in [-0.1, -0.05) is 24.0 Å². The van der Waals surface area contributed by atoms with E-state index in [9.17, 15) is 45.8 Å². The maximum absolute atomic E-state index is 13.4. The molecule has 4 rings (SSSR count). The Morgan fingerprint density at radius 1 is 0.977 bits per heavy atom. The summed E-state index contributed by atoms with van der Waals surface area (Å²) in [6.45, 7) is 1.38. The lowest BCUT2D eigenvalue weighted by molar-refractivity contribution is -0.143. The van der Waals surface area contributed by atoms with Crippen molar-refractivity contribution < 1.29 is 50.9 Å². The van der Waals surface area contributed by atoms with Crippen LogP contribution < -0.4 is 5.32 Å². The number of nitrogens with zero attached hydrogens (tertiary/aromatic N) is 1. The zero-order valence-corrected chi connectivity index (χ0v) is 24.0. The van der Waals surface area contributed by atoms with Crippen molar-refractivity contribution >= 4 is 57.8 Å². The molecule has 0 saturated carbocycles. The largest absolute Gasteiger partial charge is 0.507 e. The molecule has 1 aliphatic heterocycles. The van der Waals surface area contributed by atoms with Gasteiger partial charge in [-0.2, -0.15) is 26.3 Å². The molecule has 0 spiro atoms. The number of phenols is 1. The highest BCUT2D eigenvalue weighted by atomic mass is 32.2. The molecule has 1 heterocycles. The van der Waals surface area contributed by atoms with Crippen molar-refractivity contribution in [2.24, 2.45) is 0 Å². The van der Waals surface area contributed by atoms with E-state index >= 15 is 0 Å². The number of carboxylic acid groups (broad SMARTS) is 1. The molecule has 15 heteroatoms. The van der Waals surface area contributed by atoms with Crippen LogP contribution in [0.25, 0.3) is 17.2 Å². The van der Waals surface area contributed by atoms with Crippen molar-refractivity contribution in [2.75, 3.05) is 11.9 Å². The van der Waals surface area contributed by atoms with Gasteiger partial charge in [0.25, 0.3) is 5.91 Å². The highest BCUT2D eigenvalue weighted by molar-refractivity contribution is 8.26. The number of hydrogen-bond donors (Lipinski definition) is 3. The third-order valence-corrected chi connectivity index (χ3v) is 7.70. The van der Waals surface area contributed by atoms with Gasteiger partial charge in [-0.05, 0) is 78.7 Å². The van der Waals surface area contributed by atoms with E-state index in [0.717, 1.165) is 16.7 Å². The number of rotatable bonds is 7. The predicted molar refractivity (Wildman–Crippen MR) is 155 cm³/mol. The van der Waals surface area contributed by atoms with E-state index in [2.05, 4.69) is 5.32 Å². The number of halogens is 6. The van der Waals surface area contributed by atoms with E-state index in [4.69, 9.17) is 17.3 Å². The van der Waals surface area contributed by atoms with Crippen LogP contribution in [0.5, 0.6) is 5.75 Å². The number of carbonyl (C=O) groups is 3. The summed E-state index contributed by atoms with van der Waals surface area (Å²) in [5.74, 6) is -2.90. The topological polar surface area (TPSA) is 107 Å². The molecule has 2 amide bonds. The quantitative estimate of drug-likeness (QED) is 0.139. The van der Waals surface area contributed by atoms with Gasteiger partial charge in [-0.25, -0.2) is 4.79 Å². The Kier molecular flexibility index (Phi) is 9.11. The molecular weight excluding hydrogens is 634 g/mol. The van der Waals surface area contributed by atoms with Gasteiger partial charge in [-0.15, -0.1) is 0 Å². The van der Waals surface area contributed by atoms with Gasteiger partial charge in [0.15, 0.2) is 0 Å². The zero-order chi connectivity index (χ0) is 32.6. The van der Waals surface area contributed by atoms with E-state index in [1.807, 2.05) is 0 Å². The molecule has 0 radical (unpaired) electrons. The van der Waals surface area contributed by atoms with Crippen LogP contribution in [0.15, 0.2) is 59.5 Å². The molecule has 3 aromatic carbocycles. The van der Waals surface area contributed by atoms with Crippen molar-refractivity contribution in [1.82, 2.24) is 4.90 Å². The van der Waals surface area contributed by atoms with E-state index in [0.29, 0.717) is 23.4 Å². The summed E-state index contributed by atoms with van der Waals surface area (Å²) in [5, 5.41) is 22.5. The van der Waals surface area contributed by atoms with Gasteiger partial charge in [0.05, 0.1) is 21.6 Å². The van der Waals surface area contributed by atoms with Crippen LogP contribution in [-0.2, 0) is 21.9 Å².